The fourth-order valence-electron chi connectivity index (χ4n) is 1.72. The third-order valence-electron chi connectivity index (χ3n) is 2.42. The lowest BCUT2D eigenvalue weighted by Gasteiger charge is -2.37. The van der Waals surface area contributed by atoms with Gasteiger partial charge in [-0.05, 0) is 13.3 Å². The van der Waals surface area contributed by atoms with Gasteiger partial charge >= 0.3 is 0 Å². The average molecular weight is 157 g/mol. The first-order valence-corrected chi connectivity index (χ1v) is 4.50. The summed E-state index contributed by atoms with van der Waals surface area (Å²) in [5.41, 5.74) is 0. The molecule has 0 aliphatic carbocycles. The van der Waals surface area contributed by atoms with Crippen LogP contribution in [0.5, 0.6) is 0 Å². The topological polar surface area (TPSA) is 41.3 Å². The molecule has 0 radical (unpaired) electrons. The number of hydrogen-bond donors (Lipinski definition) is 2. The van der Waals surface area contributed by atoms with Gasteiger partial charge in [0, 0.05) is 25.2 Å². The number of rotatable bonds is 2. The lowest BCUT2D eigenvalue weighted by molar-refractivity contribution is 0.119. The van der Waals surface area contributed by atoms with Crippen LogP contribution in [-0.2, 0) is 0 Å². The van der Waals surface area contributed by atoms with Crippen LogP contribution in [0.3, 0.4) is 0 Å². The van der Waals surface area contributed by atoms with Crippen LogP contribution < -0.4 is 11.2 Å². The lowest BCUT2D eigenvalue weighted by Crippen LogP contribution is -2.59. The van der Waals surface area contributed by atoms with Crippen molar-refractivity contribution in [3.8, 4) is 0 Å². The third kappa shape index (κ3) is 2.15. The Morgan fingerprint density at radius 2 is 2.36 bits per heavy atom. The molecule has 0 spiro atoms. The first kappa shape index (κ1) is 8.97. The van der Waals surface area contributed by atoms with Gasteiger partial charge in [0.2, 0.25) is 0 Å². The summed E-state index contributed by atoms with van der Waals surface area (Å²) in [6.45, 7) is 6.42. The van der Waals surface area contributed by atoms with Gasteiger partial charge < -0.3 is 5.32 Å². The van der Waals surface area contributed by atoms with E-state index in [9.17, 15) is 0 Å². The normalized spacial score (nSPS) is 34.1. The maximum Gasteiger partial charge on any atom is 0.0392 e. The van der Waals surface area contributed by atoms with Crippen molar-refractivity contribution in [3.05, 3.63) is 0 Å². The molecule has 0 aromatic rings. The highest BCUT2D eigenvalue weighted by Gasteiger charge is 2.24. The molecule has 3 N–H and O–H groups in total. The summed E-state index contributed by atoms with van der Waals surface area (Å²) in [6.07, 6.45) is 2.41. The molecule has 0 aromatic carbocycles. The van der Waals surface area contributed by atoms with Crippen molar-refractivity contribution in [1.29, 1.82) is 0 Å². The number of piperazine rings is 1. The van der Waals surface area contributed by atoms with Crippen molar-refractivity contribution >= 4 is 0 Å². The second-order valence-electron chi connectivity index (χ2n) is 3.34. The summed E-state index contributed by atoms with van der Waals surface area (Å²) >= 11 is 0. The van der Waals surface area contributed by atoms with Crippen LogP contribution in [0.2, 0.25) is 0 Å². The number of hydrogen-bond acceptors (Lipinski definition) is 3. The van der Waals surface area contributed by atoms with Gasteiger partial charge in [-0.25, -0.2) is 5.01 Å². The number of hydrazine groups is 1. The summed E-state index contributed by atoms with van der Waals surface area (Å²) < 4.78 is 0. The number of nitrogens with one attached hydrogen (secondary N) is 1. The van der Waals surface area contributed by atoms with E-state index >= 15 is 0 Å². The summed E-state index contributed by atoms with van der Waals surface area (Å²) in [5, 5.41) is 5.40. The summed E-state index contributed by atoms with van der Waals surface area (Å²) in [4.78, 5) is 0. The van der Waals surface area contributed by atoms with Gasteiger partial charge in [-0.15, -0.1) is 0 Å². The minimum atomic E-state index is 0.536. The molecule has 1 aliphatic rings. The van der Waals surface area contributed by atoms with Crippen LogP contribution in [-0.4, -0.2) is 30.2 Å². The predicted molar refractivity (Wildman–Crippen MR) is 47.1 cm³/mol. The van der Waals surface area contributed by atoms with E-state index < -0.39 is 0 Å². The van der Waals surface area contributed by atoms with E-state index in [-0.39, 0.29) is 0 Å². The second kappa shape index (κ2) is 4.04. The van der Waals surface area contributed by atoms with Crippen molar-refractivity contribution in [2.75, 3.05) is 13.1 Å². The van der Waals surface area contributed by atoms with Gasteiger partial charge in [-0.1, -0.05) is 13.3 Å². The zero-order chi connectivity index (χ0) is 8.27. The van der Waals surface area contributed by atoms with Crippen LogP contribution in [0.15, 0.2) is 0 Å². The molecule has 0 amide bonds. The SMILES string of the molecule is CCCC1C(C)NCCN1N. The molecule has 1 heterocycles. The fraction of sp³-hybridized carbons (Fsp3) is 1.00. The van der Waals surface area contributed by atoms with Crippen molar-refractivity contribution in [1.82, 2.24) is 10.3 Å². The molecule has 1 fully saturated rings. The Morgan fingerprint density at radius 3 is 2.91 bits per heavy atom. The third-order valence-corrected chi connectivity index (χ3v) is 2.42. The van der Waals surface area contributed by atoms with E-state index in [0.29, 0.717) is 12.1 Å². The van der Waals surface area contributed by atoms with Gasteiger partial charge in [-0.3, -0.25) is 5.84 Å². The van der Waals surface area contributed by atoms with E-state index in [1.54, 1.807) is 0 Å². The largest absolute Gasteiger partial charge is 0.311 e. The van der Waals surface area contributed by atoms with Gasteiger partial charge in [0.25, 0.3) is 0 Å². The quantitative estimate of drug-likeness (QED) is 0.567. The summed E-state index contributed by atoms with van der Waals surface area (Å²) in [5.74, 6) is 5.85. The standard InChI is InChI=1S/C8H19N3/c1-3-4-8-7(2)10-5-6-11(8)9/h7-8,10H,3-6,9H2,1-2H3. The van der Waals surface area contributed by atoms with Crippen LogP contribution >= 0.6 is 0 Å². The van der Waals surface area contributed by atoms with E-state index in [2.05, 4.69) is 19.2 Å². The average Bonchev–Trinajstić information content (AvgIpc) is 1.97. The molecule has 3 heteroatoms. The second-order valence-corrected chi connectivity index (χ2v) is 3.34. The van der Waals surface area contributed by atoms with Gasteiger partial charge in [0.1, 0.15) is 0 Å². The molecule has 11 heavy (non-hydrogen) atoms. The molecule has 0 saturated carbocycles. The first-order chi connectivity index (χ1) is 5.25. The van der Waals surface area contributed by atoms with E-state index in [1.807, 2.05) is 5.01 Å². The van der Waals surface area contributed by atoms with E-state index in [1.165, 1.54) is 12.8 Å². The van der Waals surface area contributed by atoms with E-state index in [4.69, 9.17) is 5.84 Å². The Bertz CT molecular complexity index is 106. The highest BCUT2D eigenvalue weighted by Crippen LogP contribution is 2.10. The van der Waals surface area contributed by atoms with Crippen molar-refractivity contribution in [2.45, 2.75) is 38.8 Å². The Kier molecular flexibility index (Phi) is 3.30. The Hall–Kier alpha value is -0.120. The molecule has 1 rings (SSSR count). The number of nitrogens with zero attached hydrogens (tertiary/aromatic N) is 1. The molecule has 66 valence electrons. The lowest BCUT2D eigenvalue weighted by atomic mass is 10.0. The Balaban J connectivity index is 2.41. The van der Waals surface area contributed by atoms with Gasteiger partial charge in [-0.2, -0.15) is 0 Å². The van der Waals surface area contributed by atoms with Crippen LogP contribution in [0.25, 0.3) is 0 Å². The zero-order valence-electron chi connectivity index (χ0n) is 7.51. The molecule has 1 saturated heterocycles. The molecule has 2 unspecified atom stereocenters. The van der Waals surface area contributed by atoms with Crippen LogP contribution in [0.4, 0.5) is 0 Å². The number of nitrogens with two attached hydrogens (primary N) is 1. The highest BCUT2D eigenvalue weighted by molar-refractivity contribution is 4.83. The fourth-order valence-corrected chi connectivity index (χ4v) is 1.72. The van der Waals surface area contributed by atoms with Crippen molar-refractivity contribution in [3.63, 3.8) is 0 Å². The molecule has 2 atom stereocenters. The zero-order valence-corrected chi connectivity index (χ0v) is 7.51. The highest BCUT2D eigenvalue weighted by atomic mass is 15.4. The predicted octanol–water partition coefficient (Wildman–Crippen LogP) is 0.323. The van der Waals surface area contributed by atoms with Gasteiger partial charge in [0.05, 0.1) is 0 Å². The summed E-state index contributed by atoms with van der Waals surface area (Å²) in [6, 6.07) is 1.09. The van der Waals surface area contributed by atoms with Crippen molar-refractivity contribution < 1.29 is 0 Å². The molecular formula is C8H19N3. The molecular weight excluding hydrogens is 138 g/mol. The van der Waals surface area contributed by atoms with Crippen molar-refractivity contribution in [2.24, 2.45) is 5.84 Å². The van der Waals surface area contributed by atoms with Crippen LogP contribution in [0, 0.1) is 0 Å². The minimum Gasteiger partial charge on any atom is -0.311 e. The molecule has 1 aliphatic heterocycles. The molecule has 3 nitrogen and oxygen atoms in total. The Morgan fingerprint density at radius 1 is 1.64 bits per heavy atom. The van der Waals surface area contributed by atoms with E-state index in [0.717, 1.165) is 13.1 Å². The maximum atomic E-state index is 5.85. The smallest absolute Gasteiger partial charge is 0.0392 e. The molecule has 0 bridgehead atoms. The monoisotopic (exact) mass is 157 g/mol. The van der Waals surface area contributed by atoms with Gasteiger partial charge in [0.15, 0.2) is 0 Å². The maximum absolute atomic E-state index is 5.85. The van der Waals surface area contributed by atoms with Crippen LogP contribution in [0.1, 0.15) is 26.7 Å². The first-order valence-electron chi connectivity index (χ1n) is 4.50. The Labute approximate surface area is 68.9 Å². The molecule has 0 aromatic heterocycles. The summed E-state index contributed by atoms with van der Waals surface area (Å²) in [7, 11) is 0. The minimum absolute atomic E-state index is 0.536.